The molecule has 3 N–H and O–H groups in total. The van der Waals surface area contributed by atoms with Gasteiger partial charge in [0, 0.05) is 6.04 Å². The van der Waals surface area contributed by atoms with Gasteiger partial charge in [0.15, 0.2) is 0 Å². The molecule has 0 aliphatic carbocycles. The van der Waals surface area contributed by atoms with Crippen LogP contribution in [0.25, 0.3) is 0 Å². The fraction of sp³-hybridized carbons (Fsp3) is 0.417. The maximum Gasteiger partial charge on any atom is 0.387 e. The van der Waals surface area contributed by atoms with E-state index in [2.05, 4.69) is 10.1 Å². The SMILES string of the molecule is CC(NC(C)c1cccc(OC(F)F)c1)C(N)=O. The average Bonchev–Trinajstić information content (AvgIpc) is 2.28. The van der Waals surface area contributed by atoms with Crippen LogP contribution in [0.15, 0.2) is 24.3 Å². The highest BCUT2D eigenvalue weighted by Gasteiger charge is 2.14. The quantitative estimate of drug-likeness (QED) is 0.818. The number of benzene rings is 1. The molecular weight excluding hydrogens is 242 g/mol. The highest BCUT2D eigenvalue weighted by Crippen LogP contribution is 2.20. The van der Waals surface area contributed by atoms with E-state index in [1.165, 1.54) is 12.1 Å². The molecule has 100 valence electrons. The number of alkyl halides is 2. The zero-order chi connectivity index (χ0) is 13.7. The Morgan fingerprint density at radius 2 is 2.06 bits per heavy atom. The van der Waals surface area contributed by atoms with Crippen LogP contribution >= 0.6 is 0 Å². The molecule has 0 spiro atoms. The van der Waals surface area contributed by atoms with E-state index in [9.17, 15) is 13.6 Å². The summed E-state index contributed by atoms with van der Waals surface area (Å²) in [6.07, 6.45) is 0. The van der Waals surface area contributed by atoms with Crippen LogP contribution in [0, 0.1) is 0 Å². The van der Waals surface area contributed by atoms with Gasteiger partial charge in [-0.25, -0.2) is 0 Å². The molecule has 18 heavy (non-hydrogen) atoms. The van der Waals surface area contributed by atoms with Crippen LogP contribution in [-0.4, -0.2) is 18.6 Å². The van der Waals surface area contributed by atoms with Gasteiger partial charge in [0.05, 0.1) is 6.04 Å². The van der Waals surface area contributed by atoms with Gasteiger partial charge < -0.3 is 10.5 Å². The number of amides is 1. The molecule has 0 fully saturated rings. The largest absolute Gasteiger partial charge is 0.435 e. The summed E-state index contributed by atoms with van der Waals surface area (Å²) in [5.41, 5.74) is 5.87. The second kappa shape index (κ2) is 6.30. The molecule has 1 rings (SSSR count). The third-order valence-corrected chi connectivity index (χ3v) is 2.51. The van der Waals surface area contributed by atoms with Gasteiger partial charge >= 0.3 is 6.61 Å². The molecule has 0 aliphatic heterocycles. The molecule has 0 saturated carbocycles. The maximum absolute atomic E-state index is 12.1. The van der Waals surface area contributed by atoms with Crippen LogP contribution in [-0.2, 0) is 4.79 Å². The lowest BCUT2D eigenvalue weighted by atomic mass is 10.1. The number of nitrogens with two attached hydrogens (primary N) is 1. The fourth-order valence-corrected chi connectivity index (χ4v) is 1.51. The Kier molecular flexibility index (Phi) is 5.03. The van der Waals surface area contributed by atoms with E-state index < -0.39 is 18.6 Å². The molecule has 0 radical (unpaired) electrons. The van der Waals surface area contributed by atoms with Crippen molar-refractivity contribution < 1.29 is 18.3 Å². The first-order valence-electron chi connectivity index (χ1n) is 5.50. The molecular formula is C12H16F2N2O2. The summed E-state index contributed by atoms with van der Waals surface area (Å²) in [6.45, 7) is 0.590. The first-order chi connectivity index (χ1) is 8.40. The van der Waals surface area contributed by atoms with Gasteiger partial charge in [-0.3, -0.25) is 10.1 Å². The fourth-order valence-electron chi connectivity index (χ4n) is 1.51. The second-order valence-corrected chi connectivity index (χ2v) is 3.96. The zero-order valence-electron chi connectivity index (χ0n) is 10.2. The van der Waals surface area contributed by atoms with Crippen LogP contribution in [0.5, 0.6) is 5.75 Å². The maximum atomic E-state index is 12.1. The molecule has 0 aliphatic rings. The van der Waals surface area contributed by atoms with E-state index in [-0.39, 0.29) is 11.8 Å². The highest BCUT2D eigenvalue weighted by molar-refractivity contribution is 5.79. The van der Waals surface area contributed by atoms with Crippen LogP contribution in [0.3, 0.4) is 0 Å². The molecule has 1 aromatic carbocycles. The molecule has 1 aromatic rings. The van der Waals surface area contributed by atoms with Crippen LogP contribution in [0.1, 0.15) is 25.5 Å². The van der Waals surface area contributed by atoms with Crippen molar-refractivity contribution in [2.45, 2.75) is 32.5 Å². The molecule has 2 unspecified atom stereocenters. The summed E-state index contributed by atoms with van der Waals surface area (Å²) in [5, 5.41) is 2.96. The number of hydrogen-bond donors (Lipinski definition) is 2. The van der Waals surface area contributed by atoms with Crippen molar-refractivity contribution in [3.8, 4) is 5.75 Å². The summed E-state index contributed by atoms with van der Waals surface area (Å²) in [7, 11) is 0. The normalized spacial score (nSPS) is 14.3. The van der Waals surface area contributed by atoms with Gasteiger partial charge in [-0.1, -0.05) is 12.1 Å². The number of ether oxygens (including phenoxy) is 1. The van der Waals surface area contributed by atoms with E-state index in [0.29, 0.717) is 0 Å². The molecule has 0 heterocycles. The first kappa shape index (κ1) is 14.4. The van der Waals surface area contributed by atoms with Gasteiger partial charge in [-0.15, -0.1) is 0 Å². The predicted molar refractivity (Wildman–Crippen MR) is 63.3 cm³/mol. The molecule has 0 aromatic heterocycles. The number of rotatable bonds is 6. The Labute approximate surface area is 104 Å². The minimum absolute atomic E-state index is 0.0860. The average molecular weight is 258 g/mol. The predicted octanol–water partition coefficient (Wildman–Crippen LogP) is 1.81. The Balaban J connectivity index is 2.73. The summed E-state index contributed by atoms with van der Waals surface area (Å²) >= 11 is 0. The zero-order valence-corrected chi connectivity index (χ0v) is 10.2. The van der Waals surface area contributed by atoms with Crippen molar-refractivity contribution in [1.29, 1.82) is 0 Å². The van der Waals surface area contributed by atoms with Crippen LogP contribution in [0.2, 0.25) is 0 Å². The molecule has 0 bridgehead atoms. The van der Waals surface area contributed by atoms with E-state index in [0.717, 1.165) is 5.56 Å². The summed E-state index contributed by atoms with van der Waals surface area (Å²) < 4.78 is 28.4. The van der Waals surface area contributed by atoms with Crippen LogP contribution in [0.4, 0.5) is 8.78 Å². The smallest absolute Gasteiger partial charge is 0.387 e. The lowest BCUT2D eigenvalue weighted by molar-refractivity contribution is -0.119. The number of nitrogens with one attached hydrogen (secondary N) is 1. The van der Waals surface area contributed by atoms with Gasteiger partial charge in [0.2, 0.25) is 5.91 Å². The third-order valence-electron chi connectivity index (χ3n) is 2.51. The third kappa shape index (κ3) is 4.29. The van der Waals surface area contributed by atoms with Crippen molar-refractivity contribution in [3.63, 3.8) is 0 Å². The van der Waals surface area contributed by atoms with E-state index >= 15 is 0 Å². The first-order valence-corrected chi connectivity index (χ1v) is 5.50. The Morgan fingerprint density at radius 3 is 2.61 bits per heavy atom. The molecule has 6 heteroatoms. The Morgan fingerprint density at radius 1 is 1.39 bits per heavy atom. The number of primary amides is 1. The minimum atomic E-state index is -2.85. The standard InChI is InChI=1S/C12H16F2N2O2/c1-7(16-8(2)11(15)17)9-4-3-5-10(6-9)18-12(13)14/h3-8,12,16H,1-2H3,(H2,15,17). The van der Waals surface area contributed by atoms with Gasteiger partial charge in [0.1, 0.15) is 5.75 Å². The van der Waals surface area contributed by atoms with E-state index in [1.54, 1.807) is 26.0 Å². The van der Waals surface area contributed by atoms with E-state index in [4.69, 9.17) is 5.73 Å². The van der Waals surface area contributed by atoms with Crippen molar-refractivity contribution in [2.75, 3.05) is 0 Å². The number of halogens is 2. The molecule has 1 amide bonds. The van der Waals surface area contributed by atoms with Gasteiger partial charge in [-0.2, -0.15) is 8.78 Å². The number of hydrogen-bond acceptors (Lipinski definition) is 3. The van der Waals surface area contributed by atoms with Gasteiger partial charge in [-0.05, 0) is 31.5 Å². The van der Waals surface area contributed by atoms with E-state index in [1.807, 2.05) is 0 Å². The lowest BCUT2D eigenvalue weighted by Crippen LogP contribution is -2.39. The van der Waals surface area contributed by atoms with Crippen LogP contribution < -0.4 is 15.8 Å². The molecule has 0 saturated heterocycles. The summed E-state index contributed by atoms with van der Waals surface area (Å²) in [5.74, 6) is -0.385. The van der Waals surface area contributed by atoms with Crippen molar-refractivity contribution in [1.82, 2.24) is 5.32 Å². The number of carbonyl (C=O) groups excluding carboxylic acids is 1. The number of carbonyl (C=O) groups is 1. The minimum Gasteiger partial charge on any atom is -0.435 e. The van der Waals surface area contributed by atoms with Crippen molar-refractivity contribution >= 4 is 5.91 Å². The molecule has 2 atom stereocenters. The topological polar surface area (TPSA) is 64.3 Å². The summed E-state index contributed by atoms with van der Waals surface area (Å²) in [4.78, 5) is 10.9. The molecule has 4 nitrogen and oxygen atoms in total. The van der Waals surface area contributed by atoms with Crippen molar-refractivity contribution in [2.24, 2.45) is 5.73 Å². The monoisotopic (exact) mass is 258 g/mol. The van der Waals surface area contributed by atoms with Gasteiger partial charge in [0.25, 0.3) is 0 Å². The highest BCUT2D eigenvalue weighted by atomic mass is 19.3. The Bertz CT molecular complexity index is 413. The Hall–Kier alpha value is -1.69. The lowest BCUT2D eigenvalue weighted by Gasteiger charge is -2.18. The summed E-state index contributed by atoms with van der Waals surface area (Å²) in [6, 6.07) is 5.61. The van der Waals surface area contributed by atoms with Crippen molar-refractivity contribution in [3.05, 3.63) is 29.8 Å². The second-order valence-electron chi connectivity index (χ2n) is 3.96.